The SMILES string of the molecule is COCCOCCOC(=O)C1=C(C)N=C(C)C(C(=O)OC(C)C)C1c1c(F)cccc1Cl. The number of carbonyl (C=O) groups excluding carboxylic acids is 2. The lowest BCUT2D eigenvalue weighted by Crippen LogP contribution is -2.38. The third-order valence-corrected chi connectivity index (χ3v) is 5.19. The second-order valence-corrected chi connectivity index (χ2v) is 7.98. The Bertz CT molecular complexity index is 878. The van der Waals surface area contributed by atoms with Gasteiger partial charge < -0.3 is 18.9 Å². The Labute approximate surface area is 192 Å². The van der Waals surface area contributed by atoms with Crippen LogP contribution in [0.2, 0.25) is 5.02 Å². The number of carbonyl (C=O) groups is 2. The molecule has 1 aliphatic heterocycles. The topological polar surface area (TPSA) is 83.4 Å². The Hall–Kier alpha value is -2.29. The number of rotatable bonds is 10. The molecule has 7 nitrogen and oxygen atoms in total. The van der Waals surface area contributed by atoms with Gasteiger partial charge in [0.15, 0.2) is 0 Å². The maximum absolute atomic E-state index is 15.0. The van der Waals surface area contributed by atoms with E-state index in [1.807, 2.05) is 0 Å². The molecule has 2 rings (SSSR count). The molecule has 0 bridgehead atoms. The average molecular weight is 470 g/mol. The van der Waals surface area contributed by atoms with Gasteiger partial charge in [-0.1, -0.05) is 17.7 Å². The minimum atomic E-state index is -1.05. The molecule has 0 N–H and O–H groups in total. The van der Waals surface area contributed by atoms with E-state index < -0.39 is 35.7 Å². The zero-order valence-corrected chi connectivity index (χ0v) is 19.7. The van der Waals surface area contributed by atoms with Crippen molar-refractivity contribution in [3.05, 3.63) is 45.9 Å². The number of methoxy groups -OCH3 is 1. The lowest BCUT2D eigenvalue weighted by molar-refractivity contribution is -0.150. The molecule has 1 aromatic rings. The smallest absolute Gasteiger partial charge is 0.336 e. The van der Waals surface area contributed by atoms with Crippen LogP contribution in [0.4, 0.5) is 4.39 Å². The summed E-state index contributed by atoms with van der Waals surface area (Å²) in [5, 5.41) is 0.0908. The van der Waals surface area contributed by atoms with Crippen LogP contribution in [-0.4, -0.2) is 57.3 Å². The Morgan fingerprint density at radius 2 is 1.84 bits per heavy atom. The lowest BCUT2D eigenvalue weighted by Gasteiger charge is -2.32. The van der Waals surface area contributed by atoms with Gasteiger partial charge in [-0.3, -0.25) is 9.79 Å². The minimum Gasteiger partial charge on any atom is -0.462 e. The maximum atomic E-state index is 15.0. The van der Waals surface area contributed by atoms with E-state index in [0.717, 1.165) is 0 Å². The highest BCUT2D eigenvalue weighted by Gasteiger charge is 2.44. The van der Waals surface area contributed by atoms with Crippen molar-refractivity contribution in [1.29, 1.82) is 0 Å². The van der Waals surface area contributed by atoms with Gasteiger partial charge in [-0.15, -0.1) is 0 Å². The predicted molar refractivity (Wildman–Crippen MR) is 118 cm³/mol. The van der Waals surface area contributed by atoms with Gasteiger partial charge in [0.25, 0.3) is 0 Å². The third kappa shape index (κ3) is 6.37. The highest BCUT2D eigenvalue weighted by atomic mass is 35.5. The summed E-state index contributed by atoms with van der Waals surface area (Å²) in [5.41, 5.74) is 0.810. The van der Waals surface area contributed by atoms with Crippen LogP contribution in [0.5, 0.6) is 0 Å². The third-order valence-electron chi connectivity index (χ3n) is 4.86. The van der Waals surface area contributed by atoms with Crippen LogP contribution < -0.4 is 0 Å². The van der Waals surface area contributed by atoms with Crippen LogP contribution in [0.3, 0.4) is 0 Å². The number of hydrogen-bond donors (Lipinski definition) is 0. The summed E-state index contributed by atoms with van der Waals surface area (Å²) >= 11 is 6.34. The van der Waals surface area contributed by atoms with Crippen LogP contribution in [0.1, 0.15) is 39.2 Å². The zero-order valence-electron chi connectivity index (χ0n) is 18.9. The van der Waals surface area contributed by atoms with Crippen LogP contribution in [0, 0.1) is 11.7 Å². The standard InChI is InChI=1S/C23H29ClFNO6/c1-13(2)32-23(28)19-15(4)26-14(3)18(22(27)31-12-11-30-10-9-29-5)21(19)20-16(24)7-6-8-17(20)25/h6-8,13,19,21H,9-12H2,1-5H3. The molecule has 0 fully saturated rings. The Kier molecular flexibility index (Phi) is 9.81. The van der Waals surface area contributed by atoms with Crippen LogP contribution in [0.15, 0.2) is 34.5 Å². The molecule has 1 heterocycles. The first-order chi connectivity index (χ1) is 15.2. The number of benzene rings is 1. The molecule has 0 radical (unpaired) electrons. The number of halogens is 2. The monoisotopic (exact) mass is 469 g/mol. The van der Waals surface area contributed by atoms with Gasteiger partial charge in [0, 0.05) is 35.0 Å². The predicted octanol–water partition coefficient (Wildman–Crippen LogP) is 4.09. The molecule has 2 atom stereocenters. The molecule has 1 aliphatic rings. The molecule has 0 spiro atoms. The second kappa shape index (κ2) is 12.1. The average Bonchev–Trinajstić information content (AvgIpc) is 2.69. The van der Waals surface area contributed by atoms with E-state index in [1.54, 1.807) is 34.8 Å². The first-order valence-electron chi connectivity index (χ1n) is 10.3. The summed E-state index contributed by atoms with van der Waals surface area (Å²) in [7, 11) is 1.55. The van der Waals surface area contributed by atoms with Crippen molar-refractivity contribution in [1.82, 2.24) is 0 Å². The molecule has 2 unspecified atom stereocenters. The second-order valence-electron chi connectivity index (χ2n) is 7.57. The molecule has 0 amide bonds. The fourth-order valence-electron chi connectivity index (χ4n) is 3.55. The molecule has 0 saturated heterocycles. The summed E-state index contributed by atoms with van der Waals surface area (Å²) in [6.07, 6.45) is -0.404. The van der Waals surface area contributed by atoms with Crippen molar-refractivity contribution in [2.24, 2.45) is 10.9 Å². The zero-order chi connectivity index (χ0) is 23.8. The molecular weight excluding hydrogens is 441 g/mol. The van der Waals surface area contributed by atoms with Crippen LogP contribution in [-0.2, 0) is 28.5 Å². The number of hydrogen-bond acceptors (Lipinski definition) is 7. The van der Waals surface area contributed by atoms with Crippen molar-refractivity contribution in [3.8, 4) is 0 Å². The Morgan fingerprint density at radius 1 is 1.16 bits per heavy atom. The fourth-order valence-corrected chi connectivity index (χ4v) is 3.83. The quantitative estimate of drug-likeness (QED) is 0.379. The number of esters is 2. The van der Waals surface area contributed by atoms with E-state index in [9.17, 15) is 14.0 Å². The van der Waals surface area contributed by atoms with Crippen LogP contribution >= 0.6 is 11.6 Å². The van der Waals surface area contributed by atoms with Gasteiger partial charge in [-0.25, -0.2) is 9.18 Å². The fraction of sp³-hybridized carbons (Fsp3) is 0.522. The molecule has 176 valence electrons. The first-order valence-corrected chi connectivity index (χ1v) is 10.7. The number of aliphatic imine (C=N–C) groups is 1. The molecule has 0 aromatic heterocycles. The molecule has 1 aromatic carbocycles. The summed E-state index contributed by atoms with van der Waals surface area (Å²) in [4.78, 5) is 30.4. The van der Waals surface area contributed by atoms with Crippen molar-refractivity contribution >= 4 is 29.3 Å². The van der Waals surface area contributed by atoms with Gasteiger partial charge in [0.1, 0.15) is 18.3 Å². The van der Waals surface area contributed by atoms with Gasteiger partial charge in [0.05, 0.1) is 31.5 Å². The maximum Gasteiger partial charge on any atom is 0.336 e. The van der Waals surface area contributed by atoms with E-state index in [0.29, 0.717) is 24.6 Å². The van der Waals surface area contributed by atoms with Gasteiger partial charge in [-0.2, -0.15) is 0 Å². The van der Waals surface area contributed by atoms with Crippen molar-refractivity contribution in [2.45, 2.75) is 39.7 Å². The highest BCUT2D eigenvalue weighted by molar-refractivity contribution is 6.31. The number of ether oxygens (including phenoxy) is 4. The van der Waals surface area contributed by atoms with Gasteiger partial charge >= 0.3 is 11.9 Å². The van der Waals surface area contributed by atoms with Crippen molar-refractivity contribution in [2.75, 3.05) is 33.5 Å². The molecule has 0 aliphatic carbocycles. The van der Waals surface area contributed by atoms with E-state index in [4.69, 9.17) is 30.5 Å². The van der Waals surface area contributed by atoms with E-state index in [2.05, 4.69) is 4.99 Å². The summed E-state index contributed by atoms with van der Waals surface area (Å²) in [6.45, 7) is 7.57. The molecular formula is C23H29ClFNO6. The summed E-state index contributed by atoms with van der Waals surface area (Å²) < 4.78 is 35.9. The number of nitrogens with zero attached hydrogens (tertiary/aromatic N) is 1. The van der Waals surface area contributed by atoms with Gasteiger partial charge in [0.2, 0.25) is 0 Å². The Balaban J connectivity index is 2.43. The van der Waals surface area contributed by atoms with Gasteiger partial charge in [-0.05, 0) is 39.8 Å². The molecule has 0 saturated carbocycles. The number of allylic oxidation sites excluding steroid dienone is 1. The van der Waals surface area contributed by atoms with E-state index in [-0.39, 0.29) is 29.4 Å². The summed E-state index contributed by atoms with van der Waals surface area (Å²) in [5.74, 6) is -4.06. The lowest BCUT2D eigenvalue weighted by atomic mass is 9.75. The van der Waals surface area contributed by atoms with Crippen molar-refractivity contribution in [3.63, 3.8) is 0 Å². The van der Waals surface area contributed by atoms with E-state index in [1.165, 1.54) is 18.2 Å². The molecule has 32 heavy (non-hydrogen) atoms. The summed E-state index contributed by atoms with van der Waals surface area (Å²) in [6, 6.07) is 4.20. The van der Waals surface area contributed by atoms with E-state index >= 15 is 0 Å². The normalized spacial score (nSPS) is 18.6. The Morgan fingerprint density at radius 3 is 2.47 bits per heavy atom. The van der Waals surface area contributed by atoms with Crippen LogP contribution in [0.25, 0.3) is 0 Å². The minimum absolute atomic E-state index is 0.0248. The molecule has 9 heteroatoms. The van der Waals surface area contributed by atoms with Crippen molar-refractivity contribution < 1.29 is 32.9 Å². The largest absolute Gasteiger partial charge is 0.462 e. The first kappa shape index (κ1) is 26.0. The highest BCUT2D eigenvalue weighted by Crippen LogP contribution is 2.43.